The maximum absolute atomic E-state index is 12.2. The number of carbonyl (C=O) groups excluding carboxylic acids is 1. The van der Waals surface area contributed by atoms with Gasteiger partial charge in [0.05, 0.1) is 14.9 Å². The van der Waals surface area contributed by atoms with Gasteiger partial charge in [-0.2, -0.15) is 0 Å². The number of carbonyl (C=O) groups is 1. The summed E-state index contributed by atoms with van der Waals surface area (Å²) in [6.07, 6.45) is -1.08. The molecule has 2 aromatic rings. The van der Waals surface area contributed by atoms with E-state index in [1.165, 1.54) is 18.2 Å². The van der Waals surface area contributed by atoms with Crippen molar-refractivity contribution >= 4 is 51.5 Å². The van der Waals surface area contributed by atoms with Crippen molar-refractivity contribution < 1.29 is 18.3 Å². The zero-order valence-electron chi connectivity index (χ0n) is 15.2. The van der Waals surface area contributed by atoms with E-state index in [0.717, 1.165) is 5.56 Å². The molecule has 160 valence electrons. The van der Waals surface area contributed by atoms with Crippen LogP contribution in [-0.4, -0.2) is 44.7 Å². The van der Waals surface area contributed by atoms with E-state index in [2.05, 4.69) is 10.0 Å². The van der Waals surface area contributed by atoms with Crippen molar-refractivity contribution in [1.82, 2.24) is 10.0 Å². The fourth-order valence-corrected chi connectivity index (χ4v) is 3.82. The minimum absolute atomic E-state index is 0. The molecule has 2 atom stereocenters. The molecular weight excluding hydrogens is 461 g/mol. The number of nitrogens with one attached hydrogen (secondary N) is 2. The third kappa shape index (κ3) is 7.75. The SMILES string of the molecule is Cl.N[C@@H](Cc1ccccc1)[C@@H](O)C(=O)NCCNS(=O)(=O)c1ccc(Cl)c(Cl)c1. The van der Waals surface area contributed by atoms with E-state index < -0.39 is 28.1 Å². The first-order chi connectivity index (χ1) is 13.2. The molecule has 0 unspecified atom stereocenters. The first-order valence-corrected chi connectivity index (χ1v) is 10.6. The van der Waals surface area contributed by atoms with Crippen LogP contribution in [0.25, 0.3) is 0 Å². The maximum Gasteiger partial charge on any atom is 0.250 e. The Labute approximate surface area is 186 Å². The molecule has 0 bridgehead atoms. The molecule has 0 radical (unpaired) electrons. The van der Waals surface area contributed by atoms with Gasteiger partial charge in [0.15, 0.2) is 0 Å². The molecule has 5 N–H and O–H groups in total. The molecule has 2 rings (SSSR count). The largest absolute Gasteiger partial charge is 0.382 e. The molecule has 0 aliphatic heterocycles. The van der Waals surface area contributed by atoms with Crippen LogP contribution in [0.4, 0.5) is 0 Å². The molecule has 0 heterocycles. The summed E-state index contributed by atoms with van der Waals surface area (Å²) in [4.78, 5) is 12.0. The standard InChI is InChI=1S/C18H21Cl2N3O4S.ClH/c19-14-7-6-13(11-15(14)20)28(26,27)23-9-8-22-18(25)17(24)16(21)10-12-4-2-1-3-5-12;/h1-7,11,16-17,23-24H,8-10,21H2,(H,22,25);1H/t16-,17+;/m0./s1. The summed E-state index contributed by atoms with van der Waals surface area (Å²) in [6.45, 7) is -0.0938. The number of benzene rings is 2. The van der Waals surface area contributed by atoms with Gasteiger partial charge in [-0.1, -0.05) is 53.5 Å². The lowest BCUT2D eigenvalue weighted by molar-refractivity contribution is -0.130. The topological polar surface area (TPSA) is 122 Å². The van der Waals surface area contributed by atoms with Gasteiger partial charge in [-0.05, 0) is 30.2 Å². The second-order valence-corrected chi connectivity index (χ2v) is 8.64. The number of sulfonamides is 1. The van der Waals surface area contributed by atoms with Crippen molar-refractivity contribution in [1.29, 1.82) is 0 Å². The highest BCUT2D eigenvalue weighted by Crippen LogP contribution is 2.24. The summed E-state index contributed by atoms with van der Waals surface area (Å²) in [5.74, 6) is -0.669. The number of hydrogen-bond donors (Lipinski definition) is 4. The van der Waals surface area contributed by atoms with E-state index in [-0.39, 0.29) is 40.4 Å². The highest BCUT2D eigenvalue weighted by atomic mass is 35.5. The number of aliphatic hydroxyl groups is 1. The normalized spacial score (nSPS) is 13.2. The Morgan fingerprint density at radius 2 is 1.72 bits per heavy atom. The van der Waals surface area contributed by atoms with Crippen molar-refractivity contribution in [3.63, 3.8) is 0 Å². The van der Waals surface area contributed by atoms with E-state index in [9.17, 15) is 18.3 Å². The number of aliphatic hydroxyl groups excluding tert-OH is 1. The molecule has 0 spiro atoms. The van der Waals surface area contributed by atoms with Crippen LogP contribution in [-0.2, 0) is 21.2 Å². The minimum atomic E-state index is -3.81. The second-order valence-electron chi connectivity index (χ2n) is 6.06. The minimum Gasteiger partial charge on any atom is -0.382 e. The Bertz CT molecular complexity index is 914. The van der Waals surface area contributed by atoms with Crippen LogP contribution in [0.3, 0.4) is 0 Å². The van der Waals surface area contributed by atoms with E-state index in [1.807, 2.05) is 30.3 Å². The number of nitrogens with two attached hydrogens (primary N) is 1. The fraction of sp³-hybridized carbons (Fsp3) is 0.278. The smallest absolute Gasteiger partial charge is 0.250 e. The molecule has 2 aromatic carbocycles. The number of amides is 1. The predicted octanol–water partition coefficient (Wildman–Crippen LogP) is 1.74. The lowest BCUT2D eigenvalue weighted by Crippen LogP contribution is -2.48. The molecule has 0 aromatic heterocycles. The fourth-order valence-electron chi connectivity index (χ4n) is 2.40. The van der Waals surface area contributed by atoms with Crippen molar-refractivity contribution in [3.05, 3.63) is 64.1 Å². The van der Waals surface area contributed by atoms with Gasteiger partial charge in [-0.15, -0.1) is 12.4 Å². The maximum atomic E-state index is 12.2. The molecule has 7 nitrogen and oxygen atoms in total. The zero-order valence-corrected chi connectivity index (χ0v) is 18.4. The highest BCUT2D eigenvalue weighted by Gasteiger charge is 2.23. The third-order valence-electron chi connectivity index (χ3n) is 3.91. The summed E-state index contributed by atoms with van der Waals surface area (Å²) in [5, 5.41) is 12.9. The van der Waals surface area contributed by atoms with Crippen LogP contribution < -0.4 is 15.8 Å². The molecule has 11 heteroatoms. The van der Waals surface area contributed by atoms with Gasteiger partial charge in [0.2, 0.25) is 10.0 Å². The van der Waals surface area contributed by atoms with Gasteiger partial charge in [0.25, 0.3) is 5.91 Å². The van der Waals surface area contributed by atoms with E-state index in [4.69, 9.17) is 28.9 Å². The molecule has 0 saturated carbocycles. The molecule has 0 saturated heterocycles. The van der Waals surface area contributed by atoms with E-state index in [0.29, 0.717) is 6.42 Å². The van der Waals surface area contributed by atoms with Gasteiger partial charge >= 0.3 is 0 Å². The third-order valence-corrected chi connectivity index (χ3v) is 6.10. The lowest BCUT2D eigenvalue weighted by Gasteiger charge is -2.18. The molecular formula is C18H22Cl3N3O4S. The number of hydrogen-bond acceptors (Lipinski definition) is 5. The molecule has 0 aliphatic carbocycles. The van der Waals surface area contributed by atoms with Gasteiger partial charge in [0, 0.05) is 19.1 Å². The van der Waals surface area contributed by atoms with Crippen LogP contribution in [0.1, 0.15) is 5.56 Å². The van der Waals surface area contributed by atoms with Crippen LogP contribution >= 0.6 is 35.6 Å². The van der Waals surface area contributed by atoms with E-state index >= 15 is 0 Å². The predicted molar refractivity (Wildman–Crippen MR) is 116 cm³/mol. The van der Waals surface area contributed by atoms with Crippen LogP contribution in [0, 0.1) is 0 Å². The molecule has 0 aliphatic rings. The highest BCUT2D eigenvalue weighted by molar-refractivity contribution is 7.89. The van der Waals surface area contributed by atoms with Crippen LogP contribution in [0.2, 0.25) is 10.0 Å². The summed E-state index contributed by atoms with van der Waals surface area (Å²) in [6, 6.07) is 12.4. The second kappa shape index (κ2) is 11.7. The number of rotatable bonds is 9. The average molecular weight is 483 g/mol. The Morgan fingerprint density at radius 3 is 2.34 bits per heavy atom. The summed E-state index contributed by atoms with van der Waals surface area (Å²) in [5.41, 5.74) is 6.78. The van der Waals surface area contributed by atoms with Gasteiger partial charge in [0.1, 0.15) is 6.10 Å². The van der Waals surface area contributed by atoms with Gasteiger partial charge in [-0.25, -0.2) is 13.1 Å². The summed E-state index contributed by atoms with van der Waals surface area (Å²) >= 11 is 11.6. The van der Waals surface area contributed by atoms with Crippen molar-refractivity contribution in [2.75, 3.05) is 13.1 Å². The molecule has 1 amide bonds. The van der Waals surface area contributed by atoms with E-state index in [1.54, 1.807) is 0 Å². The Hall–Kier alpha value is -1.39. The lowest BCUT2D eigenvalue weighted by atomic mass is 10.0. The average Bonchev–Trinajstić information content (AvgIpc) is 2.67. The van der Waals surface area contributed by atoms with Crippen molar-refractivity contribution in [3.8, 4) is 0 Å². The first-order valence-electron chi connectivity index (χ1n) is 8.40. The van der Waals surface area contributed by atoms with Gasteiger partial charge in [-0.3, -0.25) is 4.79 Å². The molecule has 0 fully saturated rings. The summed E-state index contributed by atoms with van der Waals surface area (Å²) < 4.78 is 26.7. The first kappa shape index (κ1) is 25.6. The Morgan fingerprint density at radius 1 is 1.07 bits per heavy atom. The summed E-state index contributed by atoms with van der Waals surface area (Å²) in [7, 11) is -3.81. The van der Waals surface area contributed by atoms with Crippen molar-refractivity contribution in [2.24, 2.45) is 5.73 Å². The number of halogens is 3. The monoisotopic (exact) mass is 481 g/mol. The van der Waals surface area contributed by atoms with Crippen LogP contribution in [0.15, 0.2) is 53.4 Å². The Kier molecular flexibility index (Phi) is 10.4. The Balaban J connectivity index is 0.00000420. The molecule has 29 heavy (non-hydrogen) atoms. The van der Waals surface area contributed by atoms with Crippen molar-refractivity contribution in [2.45, 2.75) is 23.5 Å². The zero-order chi connectivity index (χ0) is 20.7. The van der Waals surface area contributed by atoms with Gasteiger partial charge < -0.3 is 16.2 Å². The quantitative estimate of drug-likeness (QED) is 0.406. The van der Waals surface area contributed by atoms with Crippen LogP contribution in [0.5, 0.6) is 0 Å².